The van der Waals surface area contributed by atoms with Crippen molar-refractivity contribution in [2.45, 2.75) is 12.3 Å². The fraction of sp³-hybridized carbons (Fsp3) is 1.00. The van der Waals surface area contributed by atoms with Crippen LogP contribution in [-0.2, 0) is 9.84 Å². The minimum atomic E-state index is -3.56. The average Bonchev–Trinajstić information content (AvgIpc) is 2.02. The van der Waals surface area contributed by atoms with Crippen LogP contribution in [0, 0.1) is 0 Å². The van der Waals surface area contributed by atoms with E-state index in [4.69, 9.17) is 10.8 Å². The Kier molecular flexibility index (Phi) is 4.72. The summed E-state index contributed by atoms with van der Waals surface area (Å²) in [5.74, 6) is -4.26. The molecule has 0 heterocycles. The second-order valence-corrected chi connectivity index (χ2v) is 4.99. The quantitative estimate of drug-likeness (QED) is 0.621. The molecule has 0 aromatic rings. The molecule has 13 heavy (non-hydrogen) atoms. The van der Waals surface area contributed by atoms with Gasteiger partial charge in [0.25, 0.3) is 5.92 Å². The summed E-state index contributed by atoms with van der Waals surface area (Å²) < 4.78 is 46.7. The van der Waals surface area contributed by atoms with Crippen molar-refractivity contribution in [1.29, 1.82) is 0 Å². The van der Waals surface area contributed by atoms with E-state index in [0.717, 1.165) is 0 Å². The van der Waals surface area contributed by atoms with Gasteiger partial charge in [-0.15, -0.1) is 0 Å². The van der Waals surface area contributed by atoms with Gasteiger partial charge in [0.15, 0.2) is 9.84 Å². The SMILES string of the molecule is NCC(F)(F)CCS(=O)(=O)CCO. The summed E-state index contributed by atoms with van der Waals surface area (Å²) in [7, 11) is -3.56. The third-order valence-electron chi connectivity index (χ3n) is 1.48. The summed E-state index contributed by atoms with van der Waals surface area (Å²) in [6, 6.07) is 0. The maximum Gasteiger partial charge on any atom is 0.261 e. The molecule has 0 fully saturated rings. The minimum Gasteiger partial charge on any atom is -0.395 e. The van der Waals surface area contributed by atoms with E-state index in [1.165, 1.54) is 0 Å². The zero-order valence-electron chi connectivity index (χ0n) is 7.04. The average molecular weight is 217 g/mol. The van der Waals surface area contributed by atoms with Gasteiger partial charge in [-0.2, -0.15) is 0 Å². The molecular formula is C6H13F2NO3S. The van der Waals surface area contributed by atoms with Gasteiger partial charge in [-0.25, -0.2) is 17.2 Å². The van der Waals surface area contributed by atoms with Crippen LogP contribution in [-0.4, -0.2) is 44.1 Å². The molecule has 3 N–H and O–H groups in total. The largest absolute Gasteiger partial charge is 0.395 e. The number of hydrogen-bond acceptors (Lipinski definition) is 4. The molecule has 0 radical (unpaired) electrons. The Hall–Kier alpha value is -0.270. The predicted octanol–water partition coefficient (Wildman–Crippen LogP) is -0.622. The molecule has 0 aromatic heterocycles. The maximum atomic E-state index is 12.5. The van der Waals surface area contributed by atoms with Gasteiger partial charge in [0.2, 0.25) is 0 Å². The van der Waals surface area contributed by atoms with E-state index in [1.54, 1.807) is 0 Å². The highest BCUT2D eigenvalue weighted by Gasteiger charge is 2.28. The molecule has 0 amide bonds. The first-order valence-electron chi connectivity index (χ1n) is 3.72. The van der Waals surface area contributed by atoms with Crippen LogP contribution in [0.1, 0.15) is 6.42 Å². The Morgan fingerprint density at radius 1 is 1.31 bits per heavy atom. The normalized spacial score (nSPS) is 13.2. The Bertz CT molecular complexity index is 240. The molecule has 0 rings (SSSR count). The molecule has 0 atom stereocenters. The molecule has 0 aliphatic carbocycles. The van der Waals surface area contributed by atoms with Crippen molar-refractivity contribution in [2.75, 3.05) is 24.7 Å². The standard InChI is InChI=1S/C6H13F2NO3S/c7-6(8,5-9)1-3-13(11,12)4-2-10/h10H,1-5,9H2. The lowest BCUT2D eigenvalue weighted by molar-refractivity contribution is 0.00789. The molecule has 0 aromatic carbocycles. The third kappa shape index (κ3) is 5.89. The van der Waals surface area contributed by atoms with E-state index < -0.39 is 46.8 Å². The van der Waals surface area contributed by atoms with Gasteiger partial charge in [-0.3, -0.25) is 0 Å². The molecule has 0 spiro atoms. The van der Waals surface area contributed by atoms with Crippen molar-refractivity contribution in [2.24, 2.45) is 5.73 Å². The van der Waals surface area contributed by atoms with Crippen molar-refractivity contribution in [3.8, 4) is 0 Å². The highest BCUT2D eigenvalue weighted by molar-refractivity contribution is 7.91. The van der Waals surface area contributed by atoms with Crippen molar-refractivity contribution in [3.63, 3.8) is 0 Å². The number of halogens is 2. The molecule has 0 aliphatic heterocycles. The number of alkyl halides is 2. The van der Waals surface area contributed by atoms with Crippen molar-refractivity contribution in [3.05, 3.63) is 0 Å². The summed E-state index contributed by atoms with van der Waals surface area (Å²) >= 11 is 0. The summed E-state index contributed by atoms with van der Waals surface area (Å²) in [5.41, 5.74) is 4.72. The zero-order valence-corrected chi connectivity index (χ0v) is 7.86. The maximum absolute atomic E-state index is 12.5. The van der Waals surface area contributed by atoms with Crippen LogP contribution < -0.4 is 5.73 Å². The van der Waals surface area contributed by atoms with E-state index in [0.29, 0.717) is 0 Å². The number of aliphatic hydroxyl groups excluding tert-OH is 1. The Morgan fingerprint density at radius 3 is 2.23 bits per heavy atom. The van der Waals surface area contributed by atoms with Crippen LogP contribution in [0.15, 0.2) is 0 Å². The van der Waals surface area contributed by atoms with Gasteiger partial charge in [0.1, 0.15) is 0 Å². The van der Waals surface area contributed by atoms with E-state index in [9.17, 15) is 17.2 Å². The van der Waals surface area contributed by atoms with E-state index in [-0.39, 0.29) is 0 Å². The van der Waals surface area contributed by atoms with Gasteiger partial charge in [0.05, 0.1) is 24.7 Å². The minimum absolute atomic E-state index is 0.479. The summed E-state index contributed by atoms with van der Waals surface area (Å²) in [6.45, 7) is -1.40. The van der Waals surface area contributed by atoms with E-state index >= 15 is 0 Å². The number of rotatable bonds is 6. The second kappa shape index (κ2) is 4.83. The number of hydrogen-bond donors (Lipinski definition) is 2. The lowest BCUT2D eigenvalue weighted by Crippen LogP contribution is -2.31. The second-order valence-electron chi connectivity index (χ2n) is 2.69. The fourth-order valence-electron chi connectivity index (χ4n) is 0.648. The summed E-state index contributed by atoms with van der Waals surface area (Å²) in [6.07, 6.45) is -0.786. The molecule has 0 unspecified atom stereocenters. The molecule has 0 aliphatic rings. The zero-order chi connectivity index (χ0) is 10.5. The van der Waals surface area contributed by atoms with Crippen LogP contribution in [0.3, 0.4) is 0 Å². The van der Waals surface area contributed by atoms with Crippen LogP contribution in [0.25, 0.3) is 0 Å². The number of sulfone groups is 1. The third-order valence-corrected chi connectivity index (χ3v) is 3.11. The lowest BCUT2D eigenvalue weighted by atomic mass is 10.3. The van der Waals surface area contributed by atoms with Crippen molar-refractivity contribution >= 4 is 9.84 Å². The molecule has 80 valence electrons. The molecule has 4 nitrogen and oxygen atoms in total. The monoisotopic (exact) mass is 217 g/mol. The Labute approximate surface area is 75.7 Å². The number of aliphatic hydroxyl groups is 1. The smallest absolute Gasteiger partial charge is 0.261 e. The van der Waals surface area contributed by atoms with Crippen LogP contribution >= 0.6 is 0 Å². The molecular weight excluding hydrogens is 204 g/mol. The van der Waals surface area contributed by atoms with Gasteiger partial charge >= 0.3 is 0 Å². The highest BCUT2D eigenvalue weighted by Crippen LogP contribution is 2.17. The Morgan fingerprint density at radius 2 is 1.85 bits per heavy atom. The topological polar surface area (TPSA) is 80.4 Å². The van der Waals surface area contributed by atoms with E-state index in [2.05, 4.69) is 0 Å². The molecule has 7 heteroatoms. The lowest BCUT2D eigenvalue weighted by Gasteiger charge is -2.12. The fourth-order valence-corrected chi connectivity index (χ4v) is 1.74. The van der Waals surface area contributed by atoms with Gasteiger partial charge in [0, 0.05) is 6.42 Å². The van der Waals surface area contributed by atoms with Gasteiger partial charge in [-0.1, -0.05) is 0 Å². The predicted molar refractivity (Wildman–Crippen MR) is 44.4 cm³/mol. The first-order chi connectivity index (χ1) is 5.83. The van der Waals surface area contributed by atoms with Gasteiger partial charge < -0.3 is 10.8 Å². The first kappa shape index (κ1) is 12.7. The van der Waals surface area contributed by atoms with Crippen LogP contribution in [0.2, 0.25) is 0 Å². The number of nitrogens with two attached hydrogens (primary N) is 1. The van der Waals surface area contributed by atoms with E-state index in [1.807, 2.05) is 0 Å². The first-order valence-corrected chi connectivity index (χ1v) is 5.54. The van der Waals surface area contributed by atoms with Crippen molar-refractivity contribution < 1.29 is 22.3 Å². The van der Waals surface area contributed by atoms with Gasteiger partial charge in [-0.05, 0) is 0 Å². The summed E-state index contributed by atoms with van der Waals surface area (Å²) in [5, 5.41) is 8.30. The van der Waals surface area contributed by atoms with Crippen molar-refractivity contribution in [1.82, 2.24) is 0 Å². The Balaban J connectivity index is 4.02. The van der Waals surface area contributed by atoms with Crippen LogP contribution in [0.4, 0.5) is 8.78 Å². The molecule has 0 bridgehead atoms. The highest BCUT2D eigenvalue weighted by atomic mass is 32.2. The van der Waals surface area contributed by atoms with Crippen LogP contribution in [0.5, 0.6) is 0 Å². The molecule has 0 saturated heterocycles. The molecule has 0 saturated carbocycles. The summed E-state index contributed by atoms with van der Waals surface area (Å²) in [4.78, 5) is 0.